The van der Waals surface area contributed by atoms with Crippen molar-refractivity contribution in [2.75, 3.05) is 18.9 Å². The molecule has 0 aliphatic carbocycles. The molecule has 0 aliphatic heterocycles. The zero-order valence-electron chi connectivity index (χ0n) is 12.8. The molecule has 2 amide bonds. The van der Waals surface area contributed by atoms with Gasteiger partial charge in [0.15, 0.2) is 0 Å². The van der Waals surface area contributed by atoms with Crippen molar-refractivity contribution in [3.05, 3.63) is 29.8 Å². The standard InChI is InChI=1S/C15H20F2N2O3/c1-9(2)13(20)7-15(22)19(3)8-14(21)18-12-5-10(16)4-11(17)6-12/h4-6,9,13,20H,7-8H2,1-3H3,(H,18,21). The molecule has 0 saturated carbocycles. The van der Waals surface area contributed by atoms with Crippen molar-refractivity contribution in [2.24, 2.45) is 5.92 Å². The maximum atomic E-state index is 13.0. The van der Waals surface area contributed by atoms with Crippen molar-refractivity contribution in [3.8, 4) is 0 Å². The third-order valence-corrected chi connectivity index (χ3v) is 3.11. The zero-order valence-corrected chi connectivity index (χ0v) is 12.8. The van der Waals surface area contributed by atoms with E-state index in [1.54, 1.807) is 13.8 Å². The summed E-state index contributed by atoms with van der Waals surface area (Å²) in [4.78, 5) is 24.7. The first-order valence-corrected chi connectivity index (χ1v) is 6.87. The third-order valence-electron chi connectivity index (χ3n) is 3.11. The van der Waals surface area contributed by atoms with Gasteiger partial charge in [0.05, 0.1) is 19.1 Å². The summed E-state index contributed by atoms with van der Waals surface area (Å²) in [5, 5.41) is 12.0. The van der Waals surface area contributed by atoms with E-state index in [2.05, 4.69) is 5.32 Å². The molecule has 0 aliphatic rings. The molecule has 5 nitrogen and oxygen atoms in total. The maximum absolute atomic E-state index is 13.0. The molecule has 0 aromatic heterocycles. The fourth-order valence-corrected chi connectivity index (χ4v) is 1.70. The molecule has 0 bridgehead atoms. The summed E-state index contributed by atoms with van der Waals surface area (Å²) in [6.07, 6.45) is -0.869. The van der Waals surface area contributed by atoms with Crippen LogP contribution in [0.2, 0.25) is 0 Å². The maximum Gasteiger partial charge on any atom is 0.243 e. The number of hydrogen-bond donors (Lipinski definition) is 2. The minimum absolute atomic E-state index is 0.0226. The van der Waals surface area contributed by atoms with Gasteiger partial charge < -0.3 is 15.3 Å². The van der Waals surface area contributed by atoms with Crippen LogP contribution in [0.1, 0.15) is 20.3 Å². The molecule has 0 fully saturated rings. The number of nitrogens with zero attached hydrogens (tertiary/aromatic N) is 1. The Kier molecular flexibility index (Phi) is 6.42. The first kappa shape index (κ1) is 18.0. The summed E-state index contributed by atoms with van der Waals surface area (Å²) in [5.41, 5.74) is -0.0226. The summed E-state index contributed by atoms with van der Waals surface area (Å²) >= 11 is 0. The molecule has 7 heteroatoms. The van der Waals surface area contributed by atoms with E-state index in [4.69, 9.17) is 0 Å². The number of aliphatic hydroxyl groups is 1. The Morgan fingerprint density at radius 3 is 2.27 bits per heavy atom. The molecule has 0 radical (unpaired) electrons. The number of amides is 2. The van der Waals surface area contributed by atoms with Gasteiger partial charge in [0, 0.05) is 18.8 Å². The van der Waals surface area contributed by atoms with Crippen molar-refractivity contribution < 1.29 is 23.5 Å². The molecule has 0 saturated heterocycles. The second-order valence-electron chi connectivity index (χ2n) is 5.47. The molecule has 1 rings (SSSR count). The van der Waals surface area contributed by atoms with Gasteiger partial charge in [-0.1, -0.05) is 13.8 Å². The van der Waals surface area contributed by atoms with Gasteiger partial charge in [-0.25, -0.2) is 8.78 Å². The Hall–Kier alpha value is -2.02. The Bertz CT molecular complexity index is 529. The molecule has 1 aromatic carbocycles. The highest BCUT2D eigenvalue weighted by Crippen LogP contribution is 2.13. The topological polar surface area (TPSA) is 69.6 Å². The van der Waals surface area contributed by atoms with Gasteiger partial charge in [-0.2, -0.15) is 0 Å². The minimum Gasteiger partial charge on any atom is -0.392 e. The predicted octanol–water partition coefficient (Wildman–Crippen LogP) is 1.77. The molecule has 22 heavy (non-hydrogen) atoms. The van der Waals surface area contributed by atoms with E-state index < -0.39 is 23.6 Å². The summed E-state index contributed by atoms with van der Waals surface area (Å²) < 4.78 is 26.0. The fourth-order valence-electron chi connectivity index (χ4n) is 1.70. The summed E-state index contributed by atoms with van der Waals surface area (Å²) in [6.45, 7) is 3.29. The zero-order chi connectivity index (χ0) is 16.9. The van der Waals surface area contributed by atoms with E-state index in [1.165, 1.54) is 7.05 Å². The largest absolute Gasteiger partial charge is 0.392 e. The van der Waals surface area contributed by atoms with Crippen LogP contribution in [-0.2, 0) is 9.59 Å². The Morgan fingerprint density at radius 2 is 1.77 bits per heavy atom. The molecule has 1 unspecified atom stereocenters. The van der Waals surface area contributed by atoms with Crippen LogP contribution < -0.4 is 5.32 Å². The van der Waals surface area contributed by atoms with Gasteiger partial charge in [0.25, 0.3) is 0 Å². The van der Waals surface area contributed by atoms with Crippen LogP contribution in [0.5, 0.6) is 0 Å². The molecule has 0 heterocycles. The van der Waals surface area contributed by atoms with Crippen molar-refractivity contribution in [1.82, 2.24) is 4.90 Å². The number of carbonyl (C=O) groups excluding carboxylic acids is 2. The van der Waals surface area contributed by atoms with Crippen LogP contribution in [-0.4, -0.2) is 41.5 Å². The van der Waals surface area contributed by atoms with E-state index in [0.29, 0.717) is 6.07 Å². The lowest BCUT2D eigenvalue weighted by atomic mass is 10.0. The van der Waals surface area contributed by atoms with E-state index in [0.717, 1.165) is 17.0 Å². The molecule has 1 atom stereocenters. The Balaban J connectivity index is 2.55. The smallest absolute Gasteiger partial charge is 0.243 e. The van der Waals surface area contributed by atoms with Crippen LogP contribution in [0, 0.1) is 17.6 Å². The van der Waals surface area contributed by atoms with Crippen LogP contribution in [0.15, 0.2) is 18.2 Å². The number of carbonyl (C=O) groups is 2. The fraction of sp³-hybridized carbons (Fsp3) is 0.467. The minimum atomic E-state index is -0.806. The number of benzene rings is 1. The molecule has 2 N–H and O–H groups in total. The second-order valence-corrected chi connectivity index (χ2v) is 5.47. The number of likely N-dealkylation sites (N-methyl/N-ethyl adjacent to an activating group) is 1. The summed E-state index contributed by atoms with van der Waals surface area (Å²) in [7, 11) is 1.42. The third kappa shape index (κ3) is 5.77. The number of halogens is 2. The highest BCUT2D eigenvalue weighted by Gasteiger charge is 2.19. The first-order valence-electron chi connectivity index (χ1n) is 6.87. The van der Waals surface area contributed by atoms with Gasteiger partial charge in [0.1, 0.15) is 11.6 Å². The quantitative estimate of drug-likeness (QED) is 0.841. The van der Waals surface area contributed by atoms with Gasteiger partial charge in [-0.3, -0.25) is 9.59 Å². The molecular weight excluding hydrogens is 294 g/mol. The second kappa shape index (κ2) is 7.84. The SMILES string of the molecule is CC(C)C(O)CC(=O)N(C)CC(=O)Nc1cc(F)cc(F)c1. The normalized spacial score (nSPS) is 12.1. The summed E-state index contributed by atoms with van der Waals surface area (Å²) in [6, 6.07) is 2.65. The van der Waals surface area contributed by atoms with E-state index >= 15 is 0 Å². The van der Waals surface area contributed by atoms with E-state index in [-0.39, 0.29) is 30.5 Å². The van der Waals surface area contributed by atoms with Crippen molar-refractivity contribution in [1.29, 1.82) is 0 Å². The van der Waals surface area contributed by atoms with Crippen molar-refractivity contribution in [2.45, 2.75) is 26.4 Å². The average molecular weight is 314 g/mol. The summed E-state index contributed by atoms with van der Waals surface area (Å²) in [5.74, 6) is -2.65. The van der Waals surface area contributed by atoms with Gasteiger partial charge >= 0.3 is 0 Å². The highest BCUT2D eigenvalue weighted by atomic mass is 19.1. The molecule has 122 valence electrons. The van der Waals surface area contributed by atoms with Gasteiger partial charge in [0.2, 0.25) is 11.8 Å². The van der Waals surface area contributed by atoms with E-state index in [1.807, 2.05) is 0 Å². The van der Waals surface area contributed by atoms with Crippen molar-refractivity contribution in [3.63, 3.8) is 0 Å². The molecular formula is C15H20F2N2O3. The lowest BCUT2D eigenvalue weighted by molar-refractivity contribution is -0.135. The van der Waals surface area contributed by atoms with Gasteiger partial charge in [-0.05, 0) is 18.1 Å². The highest BCUT2D eigenvalue weighted by molar-refractivity contribution is 5.94. The lowest BCUT2D eigenvalue weighted by Crippen LogP contribution is -2.37. The Morgan fingerprint density at radius 1 is 1.23 bits per heavy atom. The Labute approximate surface area is 127 Å². The van der Waals surface area contributed by atoms with Crippen LogP contribution in [0.3, 0.4) is 0 Å². The van der Waals surface area contributed by atoms with Crippen LogP contribution >= 0.6 is 0 Å². The number of aliphatic hydroxyl groups excluding tert-OH is 1. The van der Waals surface area contributed by atoms with Gasteiger partial charge in [-0.15, -0.1) is 0 Å². The molecule has 1 aromatic rings. The lowest BCUT2D eigenvalue weighted by Gasteiger charge is -2.20. The number of anilines is 1. The average Bonchev–Trinajstić information content (AvgIpc) is 2.36. The van der Waals surface area contributed by atoms with Crippen molar-refractivity contribution >= 4 is 17.5 Å². The van der Waals surface area contributed by atoms with E-state index in [9.17, 15) is 23.5 Å². The van der Waals surface area contributed by atoms with Crippen LogP contribution in [0.25, 0.3) is 0 Å². The molecule has 0 spiro atoms. The monoisotopic (exact) mass is 314 g/mol. The first-order chi connectivity index (χ1) is 10.2. The van der Waals surface area contributed by atoms with Crippen LogP contribution in [0.4, 0.5) is 14.5 Å². The number of hydrogen-bond acceptors (Lipinski definition) is 3. The number of nitrogens with one attached hydrogen (secondary N) is 1. The number of rotatable bonds is 6. The predicted molar refractivity (Wildman–Crippen MR) is 78.1 cm³/mol.